The molecule has 0 fully saturated rings. The highest BCUT2D eigenvalue weighted by Gasteiger charge is 2.23. The number of benzene rings is 2. The van der Waals surface area contributed by atoms with Crippen molar-refractivity contribution in [2.24, 2.45) is 0 Å². The molecule has 0 unspecified atom stereocenters. The lowest BCUT2D eigenvalue weighted by atomic mass is 9.77. The average molecular weight is 296 g/mol. The van der Waals surface area contributed by atoms with Gasteiger partial charge in [-0.05, 0) is 71.7 Å². The number of rotatable bonds is 4. The van der Waals surface area contributed by atoms with Crippen LogP contribution in [0.2, 0.25) is 0 Å². The van der Waals surface area contributed by atoms with Gasteiger partial charge in [0.2, 0.25) is 0 Å². The van der Waals surface area contributed by atoms with E-state index in [1.807, 2.05) is 38.1 Å². The molecular weight excluding hydrogens is 272 g/mol. The highest BCUT2D eigenvalue weighted by Crippen LogP contribution is 2.36. The van der Waals surface area contributed by atoms with Crippen molar-refractivity contribution in [1.29, 1.82) is 0 Å². The monoisotopic (exact) mass is 296 g/mol. The second-order valence-corrected chi connectivity index (χ2v) is 6.67. The van der Waals surface area contributed by atoms with Crippen molar-refractivity contribution in [3.63, 3.8) is 0 Å². The molecule has 0 amide bonds. The van der Waals surface area contributed by atoms with Crippen molar-refractivity contribution in [2.45, 2.75) is 39.5 Å². The third kappa shape index (κ3) is 3.33. The van der Waals surface area contributed by atoms with Crippen molar-refractivity contribution in [1.82, 2.24) is 0 Å². The van der Waals surface area contributed by atoms with Crippen LogP contribution in [0.3, 0.4) is 0 Å². The number of allylic oxidation sites excluding steroid dienone is 1. The molecule has 0 aliphatic carbocycles. The zero-order valence-electron chi connectivity index (χ0n) is 13.8. The number of aromatic hydroxyl groups is 2. The summed E-state index contributed by atoms with van der Waals surface area (Å²) in [7, 11) is 0. The highest BCUT2D eigenvalue weighted by molar-refractivity contribution is 5.66. The van der Waals surface area contributed by atoms with Gasteiger partial charge in [0.15, 0.2) is 0 Å². The minimum atomic E-state index is -0.0820. The summed E-state index contributed by atoms with van der Waals surface area (Å²) < 4.78 is 0. The highest BCUT2D eigenvalue weighted by atomic mass is 16.3. The van der Waals surface area contributed by atoms with E-state index in [1.54, 1.807) is 12.1 Å². The Labute approximate surface area is 132 Å². The third-order valence-electron chi connectivity index (χ3n) is 4.24. The smallest absolute Gasteiger partial charge is 0.118 e. The van der Waals surface area contributed by atoms with Gasteiger partial charge in [-0.2, -0.15) is 0 Å². The Morgan fingerprint density at radius 2 is 1.50 bits per heavy atom. The van der Waals surface area contributed by atoms with Gasteiger partial charge in [0.05, 0.1) is 0 Å². The summed E-state index contributed by atoms with van der Waals surface area (Å²) in [6.45, 7) is 12.4. The van der Waals surface area contributed by atoms with Gasteiger partial charge in [-0.3, -0.25) is 0 Å². The number of phenolic OH excluding ortho intramolecular Hbond substituents is 2. The van der Waals surface area contributed by atoms with Crippen molar-refractivity contribution >= 4 is 5.57 Å². The molecule has 0 aliphatic heterocycles. The maximum Gasteiger partial charge on any atom is 0.118 e. The molecule has 2 aromatic carbocycles. The van der Waals surface area contributed by atoms with E-state index in [2.05, 4.69) is 20.4 Å². The molecule has 0 saturated heterocycles. The van der Waals surface area contributed by atoms with E-state index in [0.29, 0.717) is 11.5 Å². The molecule has 0 heterocycles. The Bertz CT molecular complexity index is 712. The van der Waals surface area contributed by atoms with Crippen LogP contribution in [0.15, 0.2) is 43.0 Å². The van der Waals surface area contributed by atoms with Crippen molar-refractivity contribution in [2.75, 3.05) is 0 Å². The summed E-state index contributed by atoms with van der Waals surface area (Å²) in [5.41, 5.74) is 4.94. The van der Waals surface area contributed by atoms with Gasteiger partial charge in [-0.1, -0.05) is 38.6 Å². The first kappa shape index (κ1) is 16.2. The fraction of sp³-hybridized carbons (Fsp3) is 0.300. The first-order valence-electron chi connectivity index (χ1n) is 7.48. The third-order valence-corrected chi connectivity index (χ3v) is 4.24. The Morgan fingerprint density at radius 1 is 0.955 bits per heavy atom. The van der Waals surface area contributed by atoms with Gasteiger partial charge in [0.1, 0.15) is 11.5 Å². The molecule has 0 aromatic heterocycles. The lowest BCUT2D eigenvalue weighted by molar-refractivity contribution is 0.469. The topological polar surface area (TPSA) is 40.5 Å². The Hall–Kier alpha value is -2.22. The van der Waals surface area contributed by atoms with Crippen molar-refractivity contribution < 1.29 is 10.2 Å². The molecule has 0 saturated carbocycles. The first-order chi connectivity index (χ1) is 10.2. The maximum absolute atomic E-state index is 9.68. The molecule has 0 radical (unpaired) electrons. The average Bonchev–Trinajstić information content (AvgIpc) is 2.44. The van der Waals surface area contributed by atoms with Gasteiger partial charge < -0.3 is 10.2 Å². The molecule has 22 heavy (non-hydrogen) atoms. The van der Waals surface area contributed by atoms with Gasteiger partial charge >= 0.3 is 0 Å². The summed E-state index contributed by atoms with van der Waals surface area (Å²) in [4.78, 5) is 0. The van der Waals surface area contributed by atoms with Crippen molar-refractivity contribution in [3.05, 3.63) is 65.2 Å². The fourth-order valence-electron chi connectivity index (χ4n) is 2.69. The van der Waals surface area contributed by atoms with Crippen LogP contribution < -0.4 is 0 Å². The maximum atomic E-state index is 9.68. The van der Waals surface area contributed by atoms with E-state index >= 15 is 0 Å². The van der Waals surface area contributed by atoms with E-state index in [1.165, 1.54) is 5.56 Å². The van der Waals surface area contributed by atoms with Crippen molar-refractivity contribution in [3.8, 4) is 11.5 Å². The van der Waals surface area contributed by atoms with Gasteiger partial charge in [0, 0.05) is 0 Å². The zero-order valence-corrected chi connectivity index (χ0v) is 13.8. The Morgan fingerprint density at radius 3 is 2.05 bits per heavy atom. The number of hydrogen-bond donors (Lipinski definition) is 2. The Kier molecular flexibility index (Phi) is 4.32. The molecule has 0 spiro atoms. The second-order valence-electron chi connectivity index (χ2n) is 6.67. The molecular formula is C20H24O2. The first-order valence-corrected chi connectivity index (χ1v) is 7.48. The quantitative estimate of drug-likeness (QED) is 0.824. The minimum Gasteiger partial charge on any atom is -0.508 e. The number of aryl methyl sites for hydroxylation is 2. The van der Waals surface area contributed by atoms with Gasteiger partial charge in [-0.15, -0.1) is 0 Å². The van der Waals surface area contributed by atoms with Crippen LogP contribution >= 0.6 is 0 Å². The lowest BCUT2D eigenvalue weighted by Crippen LogP contribution is -2.17. The summed E-state index contributed by atoms with van der Waals surface area (Å²) >= 11 is 0. The molecule has 116 valence electrons. The van der Waals surface area contributed by atoms with Crippen LogP contribution in [0.4, 0.5) is 0 Å². The fourth-order valence-corrected chi connectivity index (χ4v) is 2.69. The normalized spacial score (nSPS) is 11.5. The van der Waals surface area contributed by atoms with Crippen LogP contribution in [0.25, 0.3) is 5.57 Å². The summed E-state index contributed by atoms with van der Waals surface area (Å²) in [5.74, 6) is 0.637. The molecule has 0 bridgehead atoms. The van der Waals surface area contributed by atoms with Crippen LogP contribution in [0.5, 0.6) is 11.5 Å². The number of phenols is 2. The largest absolute Gasteiger partial charge is 0.508 e. The van der Waals surface area contributed by atoms with E-state index in [0.717, 1.165) is 28.7 Å². The molecule has 2 N–H and O–H groups in total. The van der Waals surface area contributed by atoms with Crippen LogP contribution in [-0.4, -0.2) is 10.2 Å². The molecule has 0 aliphatic rings. The second kappa shape index (κ2) is 5.88. The molecule has 2 rings (SSSR count). The summed E-state index contributed by atoms with van der Waals surface area (Å²) in [6.07, 6.45) is 0.807. The van der Waals surface area contributed by atoms with Crippen LogP contribution in [0.1, 0.15) is 42.5 Å². The molecule has 0 atom stereocenters. The molecule has 2 heteroatoms. The predicted octanol–water partition coefficient (Wildman–Crippen LogP) is 5.10. The van der Waals surface area contributed by atoms with Gasteiger partial charge in [-0.25, -0.2) is 0 Å². The van der Waals surface area contributed by atoms with E-state index < -0.39 is 0 Å². The molecule has 2 aromatic rings. The van der Waals surface area contributed by atoms with Gasteiger partial charge in [0.25, 0.3) is 0 Å². The standard InChI is InChI=1S/C20H24O2/c1-13-10-16(6-8-18(13)21)15(3)12-20(4,5)17-7-9-19(22)14(2)11-17/h6-11,21-22H,3,12H2,1-2,4-5H3. The van der Waals surface area contributed by atoms with E-state index in [-0.39, 0.29) is 5.41 Å². The van der Waals surface area contributed by atoms with Crippen LogP contribution in [0, 0.1) is 13.8 Å². The summed E-state index contributed by atoms with van der Waals surface area (Å²) in [5, 5.41) is 19.3. The van der Waals surface area contributed by atoms with E-state index in [4.69, 9.17) is 0 Å². The lowest BCUT2D eigenvalue weighted by Gasteiger charge is -2.27. The SMILES string of the molecule is C=C(CC(C)(C)c1ccc(O)c(C)c1)c1ccc(O)c(C)c1. The molecule has 2 nitrogen and oxygen atoms in total. The van der Waals surface area contributed by atoms with Crippen LogP contribution in [-0.2, 0) is 5.41 Å². The summed E-state index contributed by atoms with van der Waals surface area (Å²) in [6, 6.07) is 11.3. The number of hydrogen-bond acceptors (Lipinski definition) is 2. The Balaban J connectivity index is 2.25. The van der Waals surface area contributed by atoms with E-state index in [9.17, 15) is 10.2 Å². The minimum absolute atomic E-state index is 0.0820. The zero-order chi connectivity index (χ0) is 16.5. The predicted molar refractivity (Wildman–Crippen MR) is 92.4 cm³/mol.